The summed E-state index contributed by atoms with van der Waals surface area (Å²) in [6, 6.07) is 16.0. The van der Waals surface area contributed by atoms with Crippen LogP contribution in [0, 0.1) is 0 Å². The lowest BCUT2D eigenvalue weighted by Gasteiger charge is -2.21. The van der Waals surface area contributed by atoms with Gasteiger partial charge in [-0.1, -0.05) is 99.2 Å². The van der Waals surface area contributed by atoms with Crippen LogP contribution >= 0.6 is 11.6 Å². The van der Waals surface area contributed by atoms with E-state index in [1.54, 1.807) is 5.06 Å². The minimum atomic E-state index is -0.983. The van der Waals surface area contributed by atoms with Crippen molar-refractivity contribution in [3.05, 3.63) is 76.3 Å². The normalized spacial score (nSPS) is 11.5. The highest BCUT2D eigenvalue weighted by Gasteiger charge is 2.10. The number of carboxylic acids is 1. The SMILES string of the molecule is CCCCCCCC/C=C\c1ccc(CN(CCc2cccc(Cl)c2)OCC(=O)O)cc1. The van der Waals surface area contributed by atoms with Crippen molar-refractivity contribution in [2.75, 3.05) is 13.2 Å². The monoisotopic (exact) mass is 457 g/mol. The zero-order valence-corrected chi connectivity index (χ0v) is 19.9. The predicted molar refractivity (Wildman–Crippen MR) is 133 cm³/mol. The number of carbonyl (C=O) groups is 1. The van der Waals surface area contributed by atoms with E-state index in [2.05, 4.69) is 43.3 Å². The molecule has 1 N–H and O–H groups in total. The third-order valence-corrected chi connectivity index (χ3v) is 5.52. The number of hydroxylamine groups is 2. The Morgan fingerprint density at radius 3 is 2.50 bits per heavy atom. The van der Waals surface area contributed by atoms with Crippen molar-refractivity contribution >= 4 is 23.6 Å². The van der Waals surface area contributed by atoms with Crippen LogP contribution in [0.25, 0.3) is 6.08 Å². The van der Waals surface area contributed by atoms with E-state index in [0.717, 1.165) is 24.0 Å². The van der Waals surface area contributed by atoms with Crippen molar-refractivity contribution in [1.82, 2.24) is 5.06 Å². The first-order valence-corrected chi connectivity index (χ1v) is 12.0. The van der Waals surface area contributed by atoms with Crippen molar-refractivity contribution in [1.29, 1.82) is 0 Å². The Kier molecular flexibility index (Phi) is 12.8. The smallest absolute Gasteiger partial charge is 0.331 e. The van der Waals surface area contributed by atoms with Gasteiger partial charge in [-0.25, -0.2) is 4.79 Å². The molecule has 32 heavy (non-hydrogen) atoms. The van der Waals surface area contributed by atoms with E-state index in [4.69, 9.17) is 21.5 Å². The van der Waals surface area contributed by atoms with E-state index in [1.165, 1.54) is 44.1 Å². The number of carboxylic acid groups (broad SMARTS) is 1. The molecule has 0 atom stereocenters. The van der Waals surface area contributed by atoms with Crippen LogP contribution in [0.2, 0.25) is 5.02 Å². The standard InChI is InChI=1S/C27H36ClNO3/c1-2-3-4-5-6-7-8-9-11-23-14-16-25(17-15-23)21-29(32-22-27(30)31)19-18-24-12-10-13-26(28)20-24/h9-17,20H,2-8,18-19,21-22H2,1H3,(H,30,31)/b11-9-. The Labute approximate surface area is 197 Å². The molecule has 2 aromatic rings. The molecule has 0 fully saturated rings. The Hall–Kier alpha value is -2.14. The zero-order chi connectivity index (χ0) is 23.0. The molecule has 0 aliphatic rings. The number of nitrogens with zero attached hydrogens (tertiary/aromatic N) is 1. The van der Waals surface area contributed by atoms with E-state index in [-0.39, 0.29) is 6.61 Å². The lowest BCUT2D eigenvalue weighted by molar-refractivity contribution is -0.185. The quantitative estimate of drug-likeness (QED) is 0.214. The molecule has 0 aliphatic heterocycles. The summed E-state index contributed by atoms with van der Waals surface area (Å²) in [4.78, 5) is 16.5. The molecule has 2 aromatic carbocycles. The lowest BCUT2D eigenvalue weighted by atomic mass is 10.1. The van der Waals surface area contributed by atoms with Gasteiger partial charge in [0.25, 0.3) is 0 Å². The van der Waals surface area contributed by atoms with E-state index < -0.39 is 5.97 Å². The third kappa shape index (κ3) is 11.5. The molecular weight excluding hydrogens is 422 g/mol. The Bertz CT molecular complexity index is 820. The predicted octanol–water partition coefficient (Wildman–Crippen LogP) is 7.16. The van der Waals surface area contributed by atoms with Crippen LogP contribution in [0.5, 0.6) is 0 Å². The second kappa shape index (κ2) is 15.6. The van der Waals surface area contributed by atoms with Gasteiger partial charge in [0.1, 0.15) is 0 Å². The van der Waals surface area contributed by atoms with Crippen LogP contribution in [0.15, 0.2) is 54.6 Å². The summed E-state index contributed by atoms with van der Waals surface area (Å²) in [6.07, 6.45) is 14.2. The van der Waals surface area contributed by atoms with Gasteiger partial charge in [-0.15, -0.1) is 0 Å². The maximum atomic E-state index is 11.0. The van der Waals surface area contributed by atoms with Crippen LogP contribution in [-0.4, -0.2) is 29.3 Å². The van der Waals surface area contributed by atoms with Crippen LogP contribution in [-0.2, 0) is 22.6 Å². The third-order valence-electron chi connectivity index (χ3n) is 5.28. The summed E-state index contributed by atoms with van der Waals surface area (Å²) in [5.41, 5.74) is 3.35. The van der Waals surface area contributed by atoms with Gasteiger partial charge in [-0.05, 0) is 48.1 Å². The van der Waals surface area contributed by atoms with Crippen molar-refractivity contribution < 1.29 is 14.7 Å². The topological polar surface area (TPSA) is 49.8 Å². The fraction of sp³-hybridized carbons (Fsp3) is 0.444. The summed E-state index contributed by atoms with van der Waals surface area (Å²) >= 11 is 6.06. The highest BCUT2D eigenvalue weighted by Crippen LogP contribution is 2.14. The van der Waals surface area contributed by atoms with Gasteiger partial charge in [0.2, 0.25) is 0 Å². The average Bonchev–Trinajstić information content (AvgIpc) is 2.78. The van der Waals surface area contributed by atoms with Crippen LogP contribution in [0.1, 0.15) is 68.6 Å². The van der Waals surface area contributed by atoms with Crippen molar-refractivity contribution in [3.63, 3.8) is 0 Å². The molecule has 0 saturated heterocycles. The molecule has 2 rings (SSSR count). The Balaban J connectivity index is 1.82. The molecule has 4 nitrogen and oxygen atoms in total. The van der Waals surface area contributed by atoms with Gasteiger partial charge < -0.3 is 5.11 Å². The van der Waals surface area contributed by atoms with E-state index in [1.807, 2.05) is 24.3 Å². The van der Waals surface area contributed by atoms with E-state index in [9.17, 15) is 4.79 Å². The van der Waals surface area contributed by atoms with Gasteiger partial charge in [0.15, 0.2) is 6.61 Å². The molecule has 0 aromatic heterocycles. The minimum absolute atomic E-state index is 0.352. The fourth-order valence-corrected chi connectivity index (χ4v) is 3.69. The second-order valence-electron chi connectivity index (χ2n) is 8.11. The first-order valence-electron chi connectivity index (χ1n) is 11.7. The van der Waals surface area contributed by atoms with E-state index in [0.29, 0.717) is 18.1 Å². The number of aliphatic carboxylic acids is 1. The highest BCUT2D eigenvalue weighted by atomic mass is 35.5. The number of unbranched alkanes of at least 4 members (excludes halogenated alkanes) is 6. The van der Waals surface area contributed by atoms with Crippen LogP contribution < -0.4 is 0 Å². The summed E-state index contributed by atoms with van der Waals surface area (Å²) in [5, 5.41) is 11.4. The van der Waals surface area contributed by atoms with Gasteiger partial charge in [-0.2, -0.15) is 5.06 Å². The number of allylic oxidation sites excluding steroid dienone is 1. The Morgan fingerprint density at radius 2 is 1.78 bits per heavy atom. The Morgan fingerprint density at radius 1 is 1.03 bits per heavy atom. The first kappa shape index (κ1) is 26.1. The molecule has 0 unspecified atom stereocenters. The lowest BCUT2D eigenvalue weighted by Crippen LogP contribution is -2.28. The number of rotatable bonds is 16. The van der Waals surface area contributed by atoms with Crippen molar-refractivity contribution in [3.8, 4) is 0 Å². The second-order valence-corrected chi connectivity index (χ2v) is 8.55. The molecule has 0 bridgehead atoms. The zero-order valence-electron chi connectivity index (χ0n) is 19.1. The fourth-order valence-electron chi connectivity index (χ4n) is 3.48. The first-order chi connectivity index (χ1) is 15.6. The summed E-state index contributed by atoms with van der Waals surface area (Å²) in [6.45, 7) is 2.99. The molecule has 0 amide bonds. The molecule has 5 heteroatoms. The van der Waals surface area contributed by atoms with Gasteiger partial charge in [-0.3, -0.25) is 4.84 Å². The number of halogens is 1. The summed E-state index contributed by atoms with van der Waals surface area (Å²) in [7, 11) is 0. The number of hydrogen-bond acceptors (Lipinski definition) is 3. The maximum absolute atomic E-state index is 11.0. The largest absolute Gasteiger partial charge is 0.479 e. The molecule has 0 radical (unpaired) electrons. The highest BCUT2D eigenvalue weighted by molar-refractivity contribution is 6.30. The van der Waals surface area contributed by atoms with Crippen molar-refractivity contribution in [2.45, 2.75) is 64.8 Å². The van der Waals surface area contributed by atoms with Crippen LogP contribution in [0.4, 0.5) is 0 Å². The minimum Gasteiger partial charge on any atom is -0.479 e. The molecule has 0 heterocycles. The van der Waals surface area contributed by atoms with Crippen LogP contribution in [0.3, 0.4) is 0 Å². The number of benzene rings is 2. The average molecular weight is 458 g/mol. The summed E-state index contributed by atoms with van der Waals surface area (Å²) in [5.74, 6) is -0.983. The van der Waals surface area contributed by atoms with Crippen molar-refractivity contribution in [2.24, 2.45) is 0 Å². The summed E-state index contributed by atoms with van der Waals surface area (Å²) < 4.78 is 0. The van der Waals surface area contributed by atoms with Gasteiger partial charge in [0.05, 0.1) is 0 Å². The molecular formula is C27H36ClNO3. The molecule has 0 spiro atoms. The van der Waals surface area contributed by atoms with E-state index >= 15 is 0 Å². The number of hydrogen-bond donors (Lipinski definition) is 1. The molecule has 0 aliphatic carbocycles. The van der Waals surface area contributed by atoms with Gasteiger partial charge in [0, 0.05) is 18.1 Å². The van der Waals surface area contributed by atoms with Gasteiger partial charge >= 0.3 is 5.97 Å². The molecule has 0 saturated carbocycles. The maximum Gasteiger partial charge on any atom is 0.331 e. The molecule has 174 valence electrons.